The zero-order valence-electron chi connectivity index (χ0n) is 9.56. The third kappa shape index (κ3) is 6.39. The number of aliphatic carboxylic acids is 1. The number of carboxylic acid groups (broad SMARTS) is 1. The van der Waals surface area contributed by atoms with Gasteiger partial charge in [-0.05, 0) is 5.92 Å². The van der Waals surface area contributed by atoms with E-state index in [1.54, 1.807) is 13.8 Å². The van der Waals surface area contributed by atoms with Crippen molar-refractivity contribution in [3.05, 3.63) is 0 Å². The monoisotopic (exact) mass is 251 g/mol. The molecule has 0 aromatic rings. The molecule has 0 bridgehead atoms. The van der Waals surface area contributed by atoms with Crippen LogP contribution in [0.1, 0.15) is 20.8 Å². The topological polar surface area (TPSA) is 101 Å². The van der Waals surface area contributed by atoms with Crippen molar-refractivity contribution in [1.82, 2.24) is 5.32 Å². The molecule has 1 atom stereocenters. The smallest absolute Gasteiger partial charge is 0.327 e. The van der Waals surface area contributed by atoms with Crippen LogP contribution in [0, 0.1) is 5.92 Å². The van der Waals surface area contributed by atoms with Gasteiger partial charge in [0.2, 0.25) is 5.91 Å². The molecule has 0 heterocycles. The first kappa shape index (κ1) is 14.9. The van der Waals surface area contributed by atoms with E-state index in [1.807, 2.05) is 0 Å². The Labute approximate surface area is 95.0 Å². The molecular weight excluding hydrogens is 234 g/mol. The molecule has 6 nitrogen and oxygen atoms in total. The van der Waals surface area contributed by atoms with Crippen molar-refractivity contribution in [2.24, 2.45) is 5.92 Å². The lowest BCUT2D eigenvalue weighted by atomic mass is 10.3. The van der Waals surface area contributed by atoms with Gasteiger partial charge < -0.3 is 10.4 Å². The molecule has 94 valence electrons. The number of carboxylic acids is 1. The standard InChI is InChI=1S/C9H17NO5S/c1-6(2)4-16(14,15)5-8(9(12)13)10-7(3)11/h6,8H,4-5H2,1-3H3,(H,10,11)(H,12,13)/t8-/m0/s1. The van der Waals surface area contributed by atoms with Crippen LogP contribution in [0.15, 0.2) is 0 Å². The minimum atomic E-state index is -3.47. The summed E-state index contributed by atoms with van der Waals surface area (Å²) in [6, 6.07) is -1.37. The van der Waals surface area contributed by atoms with Gasteiger partial charge >= 0.3 is 5.97 Å². The number of sulfone groups is 1. The van der Waals surface area contributed by atoms with Crippen molar-refractivity contribution in [3.63, 3.8) is 0 Å². The highest BCUT2D eigenvalue weighted by Crippen LogP contribution is 2.03. The van der Waals surface area contributed by atoms with Crippen LogP contribution in [-0.2, 0) is 19.4 Å². The van der Waals surface area contributed by atoms with E-state index in [0.717, 1.165) is 6.92 Å². The van der Waals surface area contributed by atoms with E-state index in [9.17, 15) is 18.0 Å². The summed E-state index contributed by atoms with van der Waals surface area (Å²) in [5.41, 5.74) is 0. The minimum absolute atomic E-state index is 0.0724. The van der Waals surface area contributed by atoms with Crippen molar-refractivity contribution >= 4 is 21.7 Å². The number of amides is 1. The molecule has 0 rings (SSSR count). The third-order valence-electron chi connectivity index (χ3n) is 1.68. The number of hydrogen-bond acceptors (Lipinski definition) is 4. The van der Waals surface area contributed by atoms with Crippen molar-refractivity contribution in [2.45, 2.75) is 26.8 Å². The van der Waals surface area contributed by atoms with Gasteiger partial charge in [0.25, 0.3) is 0 Å². The largest absolute Gasteiger partial charge is 0.480 e. The summed E-state index contributed by atoms with van der Waals surface area (Å²) in [5, 5.41) is 10.8. The summed E-state index contributed by atoms with van der Waals surface area (Å²) >= 11 is 0. The van der Waals surface area contributed by atoms with Crippen molar-refractivity contribution in [2.75, 3.05) is 11.5 Å². The summed E-state index contributed by atoms with van der Waals surface area (Å²) in [6.45, 7) is 4.60. The van der Waals surface area contributed by atoms with Crippen LogP contribution in [0.5, 0.6) is 0 Å². The molecular formula is C9H17NO5S. The molecule has 0 aliphatic rings. The van der Waals surface area contributed by atoms with E-state index < -0.39 is 33.5 Å². The van der Waals surface area contributed by atoms with Gasteiger partial charge in [-0.15, -0.1) is 0 Å². The summed E-state index contributed by atoms with van der Waals surface area (Å²) in [7, 11) is -3.47. The number of hydrogen-bond donors (Lipinski definition) is 2. The maximum Gasteiger partial charge on any atom is 0.327 e. The van der Waals surface area contributed by atoms with Gasteiger partial charge in [0.1, 0.15) is 6.04 Å². The van der Waals surface area contributed by atoms with Crippen LogP contribution in [0.3, 0.4) is 0 Å². The van der Waals surface area contributed by atoms with E-state index in [2.05, 4.69) is 5.32 Å². The van der Waals surface area contributed by atoms with Gasteiger partial charge in [-0.2, -0.15) is 0 Å². The highest BCUT2D eigenvalue weighted by molar-refractivity contribution is 7.91. The summed E-state index contributed by atoms with van der Waals surface area (Å²) < 4.78 is 23.0. The van der Waals surface area contributed by atoms with Crippen LogP contribution in [0.4, 0.5) is 0 Å². The number of carbonyl (C=O) groups excluding carboxylic acids is 1. The summed E-state index contributed by atoms with van der Waals surface area (Å²) in [4.78, 5) is 21.4. The second kappa shape index (κ2) is 5.83. The van der Waals surface area contributed by atoms with Crippen LogP contribution in [-0.4, -0.2) is 42.9 Å². The molecule has 0 saturated carbocycles. The molecule has 2 N–H and O–H groups in total. The molecule has 0 radical (unpaired) electrons. The minimum Gasteiger partial charge on any atom is -0.480 e. The molecule has 16 heavy (non-hydrogen) atoms. The van der Waals surface area contributed by atoms with Gasteiger partial charge in [-0.25, -0.2) is 13.2 Å². The number of carbonyl (C=O) groups is 2. The van der Waals surface area contributed by atoms with Crippen molar-refractivity contribution in [3.8, 4) is 0 Å². The maximum atomic E-state index is 11.5. The summed E-state index contributed by atoms with van der Waals surface area (Å²) in [5.74, 6) is -2.64. The average Bonchev–Trinajstić information content (AvgIpc) is 1.98. The fourth-order valence-corrected chi connectivity index (χ4v) is 3.14. The molecule has 0 aromatic carbocycles. The summed E-state index contributed by atoms with van der Waals surface area (Å²) in [6.07, 6.45) is 0. The highest BCUT2D eigenvalue weighted by Gasteiger charge is 2.26. The molecule has 0 aliphatic heterocycles. The first-order valence-electron chi connectivity index (χ1n) is 4.84. The Morgan fingerprint density at radius 3 is 2.06 bits per heavy atom. The molecule has 0 saturated heterocycles. The lowest BCUT2D eigenvalue weighted by Crippen LogP contribution is -2.45. The Hall–Kier alpha value is -1.11. The van der Waals surface area contributed by atoms with Gasteiger partial charge in [-0.3, -0.25) is 4.79 Å². The van der Waals surface area contributed by atoms with Gasteiger partial charge in [-0.1, -0.05) is 13.8 Å². The number of nitrogens with one attached hydrogen (secondary N) is 1. The van der Waals surface area contributed by atoms with E-state index in [1.165, 1.54) is 0 Å². The molecule has 1 amide bonds. The van der Waals surface area contributed by atoms with Crippen LogP contribution >= 0.6 is 0 Å². The lowest BCUT2D eigenvalue weighted by Gasteiger charge is -2.14. The molecule has 0 spiro atoms. The van der Waals surface area contributed by atoms with E-state index in [4.69, 9.17) is 5.11 Å². The maximum absolute atomic E-state index is 11.5. The van der Waals surface area contributed by atoms with Gasteiger partial charge in [0, 0.05) is 6.92 Å². The predicted molar refractivity (Wildman–Crippen MR) is 58.7 cm³/mol. The Bertz CT molecular complexity index is 360. The molecule has 0 aromatic heterocycles. The fourth-order valence-electron chi connectivity index (χ4n) is 1.25. The van der Waals surface area contributed by atoms with Crippen LogP contribution < -0.4 is 5.32 Å². The second-order valence-electron chi connectivity index (χ2n) is 4.06. The SMILES string of the molecule is CC(=O)N[C@@H](CS(=O)(=O)CC(C)C)C(=O)O. The Balaban J connectivity index is 4.63. The van der Waals surface area contributed by atoms with E-state index >= 15 is 0 Å². The molecule has 0 unspecified atom stereocenters. The van der Waals surface area contributed by atoms with E-state index in [-0.39, 0.29) is 11.7 Å². The van der Waals surface area contributed by atoms with Crippen molar-refractivity contribution in [1.29, 1.82) is 0 Å². The van der Waals surface area contributed by atoms with Gasteiger partial charge in [0.15, 0.2) is 9.84 Å². The Kier molecular flexibility index (Phi) is 5.43. The molecule has 0 fully saturated rings. The lowest BCUT2D eigenvalue weighted by molar-refractivity contribution is -0.140. The predicted octanol–water partition coefficient (Wildman–Crippen LogP) is -0.353. The third-order valence-corrected chi connectivity index (χ3v) is 3.70. The Morgan fingerprint density at radius 2 is 1.75 bits per heavy atom. The van der Waals surface area contributed by atoms with Crippen molar-refractivity contribution < 1.29 is 23.1 Å². The second-order valence-corrected chi connectivity index (χ2v) is 6.22. The van der Waals surface area contributed by atoms with Crippen LogP contribution in [0.2, 0.25) is 0 Å². The zero-order valence-corrected chi connectivity index (χ0v) is 10.4. The van der Waals surface area contributed by atoms with Gasteiger partial charge in [0.05, 0.1) is 11.5 Å². The number of rotatable bonds is 6. The normalized spacial score (nSPS) is 13.5. The first-order valence-corrected chi connectivity index (χ1v) is 6.66. The average molecular weight is 251 g/mol. The molecule has 0 aliphatic carbocycles. The van der Waals surface area contributed by atoms with E-state index in [0.29, 0.717) is 0 Å². The first-order chi connectivity index (χ1) is 7.14. The quantitative estimate of drug-likeness (QED) is 0.671. The highest BCUT2D eigenvalue weighted by atomic mass is 32.2. The zero-order chi connectivity index (χ0) is 12.9. The fraction of sp³-hybridized carbons (Fsp3) is 0.778. The van der Waals surface area contributed by atoms with Crippen LogP contribution in [0.25, 0.3) is 0 Å². The Morgan fingerprint density at radius 1 is 1.25 bits per heavy atom. The molecule has 7 heteroatoms.